The first-order valence-electron chi connectivity index (χ1n) is 7.03. The second-order valence-corrected chi connectivity index (χ2v) is 4.89. The second-order valence-electron chi connectivity index (χ2n) is 4.89. The van der Waals surface area contributed by atoms with Gasteiger partial charge in [0.15, 0.2) is 0 Å². The van der Waals surface area contributed by atoms with E-state index in [0.29, 0.717) is 12.5 Å². The second kappa shape index (κ2) is 6.57. The lowest BCUT2D eigenvalue weighted by molar-refractivity contribution is 0.325. The van der Waals surface area contributed by atoms with Crippen molar-refractivity contribution in [3.05, 3.63) is 12.4 Å². The van der Waals surface area contributed by atoms with Gasteiger partial charge in [-0.3, -0.25) is 0 Å². The van der Waals surface area contributed by atoms with Crippen LogP contribution in [0.4, 0.5) is 5.82 Å². The van der Waals surface area contributed by atoms with Crippen LogP contribution in [0, 0.1) is 5.92 Å². The zero-order chi connectivity index (χ0) is 12.8. The van der Waals surface area contributed by atoms with Crippen molar-refractivity contribution in [2.45, 2.75) is 39.5 Å². The van der Waals surface area contributed by atoms with Crippen LogP contribution in [-0.4, -0.2) is 29.7 Å². The largest absolute Gasteiger partial charge is 0.478 e. The van der Waals surface area contributed by atoms with Crippen molar-refractivity contribution in [3.63, 3.8) is 0 Å². The zero-order valence-electron chi connectivity index (χ0n) is 11.4. The minimum absolute atomic E-state index is 0.648. The Bertz CT molecular complexity index is 368. The maximum atomic E-state index is 5.43. The van der Waals surface area contributed by atoms with E-state index >= 15 is 0 Å². The molecule has 0 spiro atoms. The van der Waals surface area contributed by atoms with Crippen molar-refractivity contribution < 1.29 is 4.74 Å². The molecule has 1 fully saturated rings. The minimum atomic E-state index is 0.648. The lowest BCUT2D eigenvalue weighted by atomic mass is 9.94. The topological polar surface area (TPSA) is 38.2 Å². The van der Waals surface area contributed by atoms with E-state index in [1.54, 1.807) is 6.33 Å². The van der Waals surface area contributed by atoms with Gasteiger partial charge in [0, 0.05) is 19.2 Å². The molecule has 0 amide bonds. The molecule has 0 aliphatic carbocycles. The van der Waals surface area contributed by atoms with Crippen molar-refractivity contribution in [2.24, 2.45) is 5.92 Å². The van der Waals surface area contributed by atoms with Crippen molar-refractivity contribution in [1.82, 2.24) is 9.97 Å². The summed E-state index contributed by atoms with van der Waals surface area (Å²) in [6, 6.07) is 1.96. The fourth-order valence-electron chi connectivity index (χ4n) is 2.65. The molecule has 0 aromatic carbocycles. The summed E-state index contributed by atoms with van der Waals surface area (Å²) in [4.78, 5) is 10.9. The number of anilines is 1. The summed E-state index contributed by atoms with van der Waals surface area (Å²) in [5.41, 5.74) is 0. The van der Waals surface area contributed by atoms with Gasteiger partial charge < -0.3 is 9.64 Å². The van der Waals surface area contributed by atoms with Crippen LogP contribution in [0.5, 0.6) is 5.88 Å². The van der Waals surface area contributed by atoms with E-state index in [9.17, 15) is 0 Å². The van der Waals surface area contributed by atoms with E-state index in [2.05, 4.69) is 21.8 Å². The van der Waals surface area contributed by atoms with Crippen molar-refractivity contribution in [1.29, 1.82) is 0 Å². The summed E-state index contributed by atoms with van der Waals surface area (Å²) in [7, 11) is 0. The summed E-state index contributed by atoms with van der Waals surface area (Å²) in [5.74, 6) is 2.50. The van der Waals surface area contributed by atoms with Gasteiger partial charge in [0.1, 0.15) is 12.1 Å². The van der Waals surface area contributed by atoms with Crippen LogP contribution in [-0.2, 0) is 0 Å². The van der Waals surface area contributed by atoms with Gasteiger partial charge in [-0.1, -0.05) is 13.3 Å². The number of hydrogen-bond acceptors (Lipinski definition) is 4. The number of hydrogen-bond donors (Lipinski definition) is 0. The quantitative estimate of drug-likeness (QED) is 0.804. The highest BCUT2D eigenvalue weighted by molar-refractivity contribution is 5.41. The SMILES string of the molecule is CCCC1CCCN(c2cc(OCC)ncn2)C1. The van der Waals surface area contributed by atoms with Crippen LogP contribution in [0.2, 0.25) is 0 Å². The lowest BCUT2D eigenvalue weighted by Crippen LogP contribution is -2.35. The number of piperidine rings is 1. The van der Waals surface area contributed by atoms with E-state index in [1.807, 2.05) is 13.0 Å². The Kier molecular flexibility index (Phi) is 4.79. The molecule has 1 atom stereocenters. The molecule has 1 aromatic heterocycles. The third kappa shape index (κ3) is 3.34. The molecule has 1 aliphatic heterocycles. The Morgan fingerprint density at radius 1 is 1.39 bits per heavy atom. The highest BCUT2D eigenvalue weighted by atomic mass is 16.5. The van der Waals surface area contributed by atoms with Gasteiger partial charge in [-0.15, -0.1) is 0 Å². The molecule has 100 valence electrons. The predicted molar refractivity (Wildman–Crippen MR) is 73.0 cm³/mol. The molecule has 1 aliphatic rings. The number of nitrogens with zero attached hydrogens (tertiary/aromatic N) is 3. The van der Waals surface area contributed by atoms with E-state index in [-0.39, 0.29) is 0 Å². The summed E-state index contributed by atoms with van der Waals surface area (Å²) in [6.45, 7) is 7.10. The molecule has 0 radical (unpaired) electrons. The van der Waals surface area contributed by atoms with Gasteiger partial charge in [0.2, 0.25) is 5.88 Å². The molecule has 2 rings (SSSR count). The van der Waals surface area contributed by atoms with Crippen LogP contribution < -0.4 is 9.64 Å². The normalized spacial score (nSPS) is 19.9. The summed E-state index contributed by atoms with van der Waals surface area (Å²) >= 11 is 0. The van der Waals surface area contributed by atoms with Crippen LogP contribution in [0.15, 0.2) is 12.4 Å². The minimum Gasteiger partial charge on any atom is -0.478 e. The maximum absolute atomic E-state index is 5.43. The fraction of sp³-hybridized carbons (Fsp3) is 0.714. The molecular formula is C14H23N3O. The number of rotatable bonds is 5. The molecular weight excluding hydrogens is 226 g/mol. The van der Waals surface area contributed by atoms with Crippen LogP contribution >= 0.6 is 0 Å². The summed E-state index contributed by atoms with van der Waals surface area (Å²) in [6.07, 6.45) is 6.81. The first kappa shape index (κ1) is 13.1. The molecule has 4 nitrogen and oxygen atoms in total. The van der Waals surface area contributed by atoms with Crippen LogP contribution in [0.1, 0.15) is 39.5 Å². The molecule has 2 heterocycles. The van der Waals surface area contributed by atoms with Gasteiger partial charge in [-0.25, -0.2) is 9.97 Å². The third-order valence-electron chi connectivity index (χ3n) is 3.46. The highest BCUT2D eigenvalue weighted by Crippen LogP contribution is 2.25. The molecule has 0 saturated carbocycles. The fourth-order valence-corrected chi connectivity index (χ4v) is 2.65. The Morgan fingerprint density at radius 2 is 2.28 bits per heavy atom. The van der Waals surface area contributed by atoms with Gasteiger partial charge in [-0.05, 0) is 32.1 Å². The average Bonchev–Trinajstić information content (AvgIpc) is 2.40. The molecule has 1 unspecified atom stereocenters. The molecule has 0 bridgehead atoms. The maximum Gasteiger partial charge on any atom is 0.218 e. The van der Waals surface area contributed by atoms with Gasteiger partial charge in [0.05, 0.1) is 6.61 Å². The first-order chi connectivity index (χ1) is 8.83. The van der Waals surface area contributed by atoms with E-state index < -0.39 is 0 Å². The van der Waals surface area contributed by atoms with E-state index in [0.717, 1.165) is 24.8 Å². The van der Waals surface area contributed by atoms with Crippen LogP contribution in [0.25, 0.3) is 0 Å². The van der Waals surface area contributed by atoms with Gasteiger partial charge >= 0.3 is 0 Å². The van der Waals surface area contributed by atoms with E-state index in [4.69, 9.17) is 4.74 Å². The summed E-state index contributed by atoms with van der Waals surface area (Å²) < 4.78 is 5.43. The molecule has 18 heavy (non-hydrogen) atoms. The molecule has 0 N–H and O–H groups in total. The lowest BCUT2D eigenvalue weighted by Gasteiger charge is -2.33. The zero-order valence-corrected chi connectivity index (χ0v) is 11.4. The Labute approximate surface area is 109 Å². The molecule has 1 saturated heterocycles. The number of aromatic nitrogens is 2. The Hall–Kier alpha value is -1.32. The monoisotopic (exact) mass is 249 g/mol. The third-order valence-corrected chi connectivity index (χ3v) is 3.46. The first-order valence-corrected chi connectivity index (χ1v) is 7.03. The van der Waals surface area contributed by atoms with E-state index in [1.165, 1.54) is 25.7 Å². The predicted octanol–water partition coefficient (Wildman–Crippen LogP) is 2.89. The molecule has 1 aromatic rings. The van der Waals surface area contributed by atoms with Gasteiger partial charge in [-0.2, -0.15) is 0 Å². The van der Waals surface area contributed by atoms with Crippen molar-refractivity contribution in [3.8, 4) is 5.88 Å². The smallest absolute Gasteiger partial charge is 0.218 e. The van der Waals surface area contributed by atoms with Crippen molar-refractivity contribution in [2.75, 3.05) is 24.6 Å². The number of ether oxygens (including phenoxy) is 1. The Morgan fingerprint density at radius 3 is 3.06 bits per heavy atom. The Balaban J connectivity index is 2.03. The van der Waals surface area contributed by atoms with Crippen LogP contribution in [0.3, 0.4) is 0 Å². The standard InChI is InChI=1S/C14H23N3O/c1-3-6-12-7-5-8-17(10-12)13-9-14(18-4-2)16-11-15-13/h9,11-12H,3-8,10H2,1-2H3. The summed E-state index contributed by atoms with van der Waals surface area (Å²) in [5, 5.41) is 0. The average molecular weight is 249 g/mol. The van der Waals surface area contributed by atoms with Crippen molar-refractivity contribution >= 4 is 5.82 Å². The van der Waals surface area contributed by atoms with Gasteiger partial charge in [0.25, 0.3) is 0 Å². The highest BCUT2D eigenvalue weighted by Gasteiger charge is 2.20. The molecule has 4 heteroatoms.